The molecule has 0 saturated carbocycles. The lowest BCUT2D eigenvalue weighted by molar-refractivity contribution is 0.0948. The fourth-order valence-electron chi connectivity index (χ4n) is 2.34. The Bertz CT molecular complexity index is 856. The van der Waals surface area contributed by atoms with Crippen LogP contribution in [-0.4, -0.2) is 52.7 Å². The first kappa shape index (κ1) is 15.6. The van der Waals surface area contributed by atoms with Crippen molar-refractivity contribution in [1.82, 2.24) is 24.8 Å². The summed E-state index contributed by atoms with van der Waals surface area (Å²) in [6.07, 6.45) is 2.48. The van der Waals surface area contributed by atoms with Crippen molar-refractivity contribution in [1.29, 1.82) is 0 Å². The van der Waals surface area contributed by atoms with E-state index in [0.29, 0.717) is 34.3 Å². The summed E-state index contributed by atoms with van der Waals surface area (Å²) in [4.78, 5) is 26.3. The summed E-state index contributed by atoms with van der Waals surface area (Å²) in [6, 6.07) is 0. The summed E-state index contributed by atoms with van der Waals surface area (Å²) in [6.45, 7) is 1.17. The third kappa shape index (κ3) is 2.84. The number of methoxy groups -OCH3 is 1. The molecule has 0 fully saturated rings. The van der Waals surface area contributed by atoms with Gasteiger partial charge in [0.05, 0.1) is 6.33 Å². The number of nitrogens with one attached hydrogen (secondary N) is 2. The molecule has 0 aliphatic rings. The zero-order valence-corrected chi connectivity index (χ0v) is 14.0. The number of anilines is 1. The minimum absolute atomic E-state index is 0.189. The third-order valence-electron chi connectivity index (χ3n) is 3.45. The van der Waals surface area contributed by atoms with Crippen molar-refractivity contribution >= 4 is 44.4 Å². The molecule has 0 radical (unpaired) electrons. The number of fused-ring (bicyclic) bond motifs is 3. The molecule has 0 saturated heterocycles. The summed E-state index contributed by atoms with van der Waals surface area (Å²) >= 11 is 1.28. The van der Waals surface area contributed by atoms with Gasteiger partial charge in [-0.1, -0.05) is 11.3 Å². The second kappa shape index (κ2) is 6.47. The van der Waals surface area contributed by atoms with Crippen LogP contribution in [0.2, 0.25) is 0 Å². The summed E-state index contributed by atoms with van der Waals surface area (Å²) in [7, 11) is 5.34. The molecule has 3 rings (SSSR count). The maximum atomic E-state index is 12.2. The SMILES string of the molecule is CNc1nc2sc(C(=O)NCCCOC)nc2c2c1ncn2C. The van der Waals surface area contributed by atoms with E-state index in [0.717, 1.165) is 17.5 Å². The van der Waals surface area contributed by atoms with Crippen molar-refractivity contribution in [2.24, 2.45) is 7.05 Å². The van der Waals surface area contributed by atoms with Gasteiger partial charge in [0.25, 0.3) is 5.91 Å². The molecule has 122 valence electrons. The molecule has 8 nitrogen and oxygen atoms in total. The summed E-state index contributed by atoms with van der Waals surface area (Å²) in [5.74, 6) is 0.495. The van der Waals surface area contributed by atoms with Crippen molar-refractivity contribution in [2.75, 3.05) is 32.6 Å². The van der Waals surface area contributed by atoms with E-state index in [1.165, 1.54) is 11.3 Å². The molecule has 0 bridgehead atoms. The van der Waals surface area contributed by atoms with E-state index in [1.54, 1.807) is 20.5 Å². The monoisotopic (exact) mass is 334 g/mol. The maximum absolute atomic E-state index is 12.2. The molecule has 0 aromatic carbocycles. The fourth-order valence-corrected chi connectivity index (χ4v) is 3.21. The summed E-state index contributed by atoms with van der Waals surface area (Å²) < 4.78 is 6.85. The number of hydrogen-bond acceptors (Lipinski definition) is 7. The molecule has 3 aromatic heterocycles. The van der Waals surface area contributed by atoms with E-state index in [4.69, 9.17) is 4.74 Å². The van der Waals surface area contributed by atoms with E-state index in [9.17, 15) is 4.79 Å². The van der Waals surface area contributed by atoms with E-state index < -0.39 is 0 Å². The predicted molar refractivity (Wildman–Crippen MR) is 90.1 cm³/mol. The highest BCUT2D eigenvalue weighted by molar-refractivity contribution is 7.20. The predicted octanol–water partition coefficient (Wildman–Crippen LogP) is 1.39. The normalized spacial score (nSPS) is 11.3. The first-order valence-electron chi connectivity index (χ1n) is 7.22. The average molecular weight is 334 g/mol. The zero-order chi connectivity index (χ0) is 16.4. The van der Waals surface area contributed by atoms with Gasteiger partial charge in [-0.15, -0.1) is 0 Å². The number of ether oxygens (including phenoxy) is 1. The van der Waals surface area contributed by atoms with Gasteiger partial charge in [0.1, 0.15) is 21.4 Å². The van der Waals surface area contributed by atoms with E-state index >= 15 is 0 Å². The van der Waals surface area contributed by atoms with Crippen molar-refractivity contribution in [2.45, 2.75) is 6.42 Å². The van der Waals surface area contributed by atoms with Crippen LogP contribution in [0.25, 0.3) is 21.4 Å². The molecule has 2 N–H and O–H groups in total. The highest BCUT2D eigenvalue weighted by Gasteiger charge is 2.19. The second-order valence-corrected chi connectivity index (χ2v) is 6.02. The Morgan fingerprint density at radius 3 is 2.96 bits per heavy atom. The molecule has 0 spiro atoms. The Morgan fingerprint density at radius 1 is 1.39 bits per heavy atom. The maximum Gasteiger partial charge on any atom is 0.280 e. The summed E-state index contributed by atoms with van der Waals surface area (Å²) in [5.41, 5.74) is 2.32. The van der Waals surface area contributed by atoms with Crippen molar-refractivity contribution in [3.05, 3.63) is 11.3 Å². The zero-order valence-electron chi connectivity index (χ0n) is 13.2. The van der Waals surface area contributed by atoms with E-state index in [-0.39, 0.29) is 5.91 Å². The lowest BCUT2D eigenvalue weighted by Gasteiger charge is -2.01. The van der Waals surface area contributed by atoms with Gasteiger partial charge in [-0.05, 0) is 6.42 Å². The minimum atomic E-state index is -0.189. The highest BCUT2D eigenvalue weighted by Crippen LogP contribution is 2.30. The number of thiazole rings is 1. The number of nitrogens with zero attached hydrogens (tertiary/aromatic N) is 4. The Hall–Kier alpha value is -2.26. The number of imidazole rings is 1. The van der Waals surface area contributed by atoms with Crippen molar-refractivity contribution < 1.29 is 9.53 Å². The number of hydrogen-bond donors (Lipinski definition) is 2. The topological polar surface area (TPSA) is 94.0 Å². The van der Waals surface area contributed by atoms with Crippen LogP contribution < -0.4 is 10.6 Å². The molecular formula is C14H18N6O2S. The second-order valence-electron chi connectivity index (χ2n) is 5.04. The first-order chi connectivity index (χ1) is 11.2. The number of aromatic nitrogens is 4. The number of carbonyl (C=O) groups is 1. The number of rotatable bonds is 6. The van der Waals surface area contributed by atoms with Gasteiger partial charge in [-0.25, -0.2) is 15.0 Å². The minimum Gasteiger partial charge on any atom is -0.385 e. The van der Waals surface area contributed by atoms with Crippen LogP contribution in [0.4, 0.5) is 5.82 Å². The molecule has 9 heteroatoms. The van der Waals surface area contributed by atoms with Gasteiger partial charge in [0.2, 0.25) is 0 Å². The van der Waals surface area contributed by atoms with Gasteiger partial charge in [-0.2, -0.15) is 0 Å². The molecule has 0 atom stereocenters. The molecule has 3 aromatic rings. The molecule has 0 aliphatic heterocycles. The quantitative estimate of drug-likeness (QED) is 0.662. The first-order valence-corrected chi connectivity index (χ1v) is 8.03. The Morgan fingerprint density at radius 2 is 2.22 bits per heavy atom. The van der Waals surface area contributed by atoms with Crippen LogP contribution in [0.1, 0.15) is 16.2 Å². The third-order valence-corrected chi connectivity index (χ3v) is 4.40. The Labute approximate surface area is 136 Å². The van der Waals surface area contributed by atoms with Crippen LogP contribution in [0.15, 0.2) is 6.33 Å². The fraction of sp³-hybridized carbons (Fsp3) is 0.429. The molecule has 0 unspecified atom stereocenters. The van der Waals surface area contributed by atoms with Crippen LogP contribution in [0, 0.1) is 0 Å². The lowest BCUT2D eigenvalue weighted by atomic mass is 10.3. The summed E-state index contributed by atoms with van der Waals surface area (Å²) in [5, 5.41) is 6.29. The highest BCUT2D eigenvalue weighted by atomic mass is 32.1. The van der Waals surface area contributed by atoms with Gasteiger partial charge in [-0.3, -0.25) is 4.79 Å². The van der Waals surface area contributed by atoms with E-state index in [1.807, 2.05) is 11.6 Å². The van der Waals surface area contributed by atoms with Crippen LogP contribution >= 0.6 is 11.3 Å². The van der Waals surface area contributed by atoms with Crippen molar-refractivity contribution in [3.8, 4) is 0 Å². The van der Waals surface area contributed by atoms with Gasteiger partial charge < -0.3 is 19.9 Å². The number of aryl methyl sites for hydroxylation is 1. The number of carbonyl (C=O) groups excluding carboxylic acids is 1. The molecule has 1 amide bonds. The van der Waals surface area contributed by atoms with E-state index in [2.05, 4.69) is 25.6 Å². The van der Waals surface area contributed by atoms with Crippen LogP contribution in [-0.2, 0) is 11.8 Å². The molecular weight excluding hydrogens is 316 g/mol. The molecule has 23 heavy (non-hydrogen) atoms. The van der Waals surface area contributed by atoms with Gasteiger partial charge >= 0.3 is 0 Å². The van der Waals surface area contributed by atoms with Crippen LogP contribution in [0.5, 0.6) is 0 Å². The van der Waals surface area contributed by atoms with Crippen molar-refractivity contribution in [3.63, 3.8) is 0 Å². The van der Waals surface area contributed by atoms with Gasteiger partial charge in [0.15, 0.2) is 10.8 Å². The molecule has 3 heterocycles. The standard InChI is InChI=1S/C14H18N6O2S/c1-15-11-8-10(20(2)7-17-8)9-13(19-11)23-14(18-9)12(21)16-5-4-6-22-3/h7H,4-6H2,1-3H3,(H,15,19)(H,16,21). The number of amides is 1. The molecule has 0 aliphatic carbocycles. The lowest BCUT2D eigenvalue weighted by Crippen LogP contribution is -2.24. The van der Waals surface area contributed by atoms with Gasteiger partial charge in [0, 0.05) is 34.4 Å². The number of pyridine rings is 1. The smallest absolute Gasteiger partial charge is 0.280 e. The largest absolute Gasteiger partial charge is 0.385 e. The average Bonchev–Trinajstić information content (AvgIpc) is 3.14. The Balaban J connectivity index is 1.97. The Kier molecular flexibility index (Phi) is 4.39. The van der Waals surface area contributed by atoms with Crippen LogP contribution in [0.3, 0.4) is 0 Å².